The molecule has 2 nitrogen and oxygen atoms in total. The van der Waals surface area contributed by atoms with Gasteiger partial charge in [0.15, 0.2) is 5.43 Å². The highest BCUT2D eigenvalue weighted by Crippen LogP contribution is 2.18. The molecule has 0 fully saturated rings. The van der Waals surface area contributed by atoms with Crippen molar-refractivity contribution in [3.05, 3.63) is 45.7 Å². The van der Waals surface area contributed by atoms with Gasteiger partial charge < -0.3 is 4.57 Å². The minimum atomic E-state index is -0.0290. The molecule has 1 aromatic heterocycles. The summed E-state index contributed by atoms with van der Waals surface area (Å²) in [6.45, 7) is 0. The SMILES string of the molecule is Cn1ccc(=O)c2c(Cl)cccc21. The van der Waals surface area contributed by atoms with Gasteiger partial charge in [-0.05, 0) is 12.1 Å². The first kappa shape index (κ1) is 8.32. The number of fused-ring (bicyclic) bond motifs is 1. The lowest BCUT2D eigenvalue weighted by molar-refractivity contribution is 0.950. The topological polar surface area (TPSA) is 22.0 Å². The second kappa shape index (κ2) is 2.89. The van der Waals surface area contributed by atoms with Crippen LogP contribution in [0.5, 0.6) is 0 Å². The predicted molar refractivity (Wildman–Crippen MR) is 54.2 cm³/mol. The summed E-state index contributed by atoms with van der Waals surface area (Å²) in [5.41, 5.74) is 0.832. The largest absolute Gasteiger partial charge is 0.350 e. The van der Waals surface area contributed by atoms with Crippen LogP contribution in [0.25, 0.3) is 10.9 Å². The minimum Gasteiger partial charge on any atom is -0.350 e. The highest BCUT2D eigenvalue weighted by atomic mass is 35.5. The molecule has 0 bridgehead atoms. The number of nitrogens with zero attached hydrogens (tertiary/aromatic N) is 1. The number of benzene rings is 1. The van der Waals surface area contributed by atoms with Crippen LogP contribution in [-0.2, 0) is 7.05 Å². The maximum Gasteiger partial charge on any atom is 0.190 e. The standard InChI is InChI=1S/C10H8ClNO/c1-12-6-5-9(13)10-7(11)3-2-4-8(10)12/h2-6H,1H3. The summed E-state index contributed by atoms with van der Waals surface area (Å²) < 4.78 is 1.88. The van der Waals surface area contributed by atoms with E-state index in [1.807, 2.05) is 23.7 Å². The average molecular weight is 194 g/mol. The first-order valence-corrected chi connectivity index (χ1v) is 4.32. The molecule has 0 aliphatic carbocycles. The van der Waals surface area contributed by atoms with E-state index in [9.17, 15) is 4.79 Å². The van der Waals surface area contributed by atoms with E-state index in [0.717, 1.165) is 5.52 Å². The molecule has 1 heterocycles. The van der Waals surface area contributed by atoms with Crippen LogP contribution >= 0.6 is 11.6 Å². The van der Waals surface area contributed by atoms with Crippen molar-refractivity contribution in [2.75, 3.05) is 0 Å². The van der Waals surface area contributed by atoms with Crippen LogP contribution < -0.4 is 5.43 Å². The summed E-state index contributed by atoms with van der Waals surface area (Å²) in [6.07, 6.45) is 1.74. The molecule has 0 saturated heterocycles. The molecule has 0 aliphatic rings. The number of pyridine rings is 1. The third kappa shape index (κ3) is 1.23. The van der Waals surface area contributed by atoms with Crippen molar-refractivity contribution in [1.82, 2.24) is 4.57 Å². The fourth-order valence-electron chi connectivity index (χ4n) is 1.39. The van der Waals surface area contributed by atoms with Gasteiger partial charge in [0, 0.05) is 19.3 Å². The molecule has 0 N–H and O–H groups in total. The molecule has 2 aromatic rings. The molecule has 0 amide bonds. The second-order valence-corrected chi connectivity index (χ2v) is 3.33. The third-order valence-corrected chi connectivity index (χ3v) is 2.38. The Hall–Kier alpha value is -1.28. The third-order valence-electron chi connectivity index (χ3n) is 2.07. The molecule has 2 rings (SSSR count). The molecule has 0 radical (unpaired) electrons. The fraction of sp³-hybridized carbons (Fsp3) is 0.100. The molecule has 0 unspecified atom stereocenters. The minimum absolute atomic E-state index is 0.0290. The monoisotopic (exact) mass is 193 g/mol. The Labute approximate surface area is 80.4 Å². The zero-order valence-electron chi connectivity index (χ0n) is 7.12. The molecule has 66 valence electrons. The summed E-state index contributed by atoms with van der Waals surface area (Å²) in [7, 11) is 1.89. The van der Waals surface area contributed by atoms with Crippen LogP contribution in [0.1, 0.15) is 0 Å². The Morgan fingerprint density at radius 1 is 1.31 bits per heavy atom. The summed E-state index contributed by atoms with van der Waals surface area (Å²) in [6, 6.07) is 6.96. The summed E-state index contributed by atoms with van der Waals surface area (Å²) in [5.74, 6) is 0. The zero-order valence-corrected chi connectivity index (χ0v) is 7.88. The zero-order chi connectivity index (χ0) is 9.42. The van der Waals surface area contributed by atoms with Gasteiger partial charge in [0.05, 0.1) is 15.9 Å². The van der Waals surface area contributed by atoms with E-state index in [2.05, 4.69) is 0 Å². The normalized spacial score (nSPS) is 10.6. The molecule has 0 atom stereocenters. The van der Waals surface area contributed by atoms with Crippen molar-refractivity contribution in [2.24, 2.45) is 7.05 Å². The lowest BCUT2D eigenvalue weighted by atomic mass is 10.2. The molecular formula is C10H8ClNO. The summed E-state index contributed by atoms with van der Waals surface area (Å²) in [5, 5.41) is 1.10. The van der Waals surface area contributed by atoms with Crippen molar-refractivity contribution in [3.63, 3.8) is 0 Å². The van der Waals surface area contributed by atoms with E-state index >= 15 is 0 Å². The maximum absolute atomic E-state index is 11.5. The molecule has 0 spiro atoms. The number of aromatic nitrogens is 1. The summed E-state index contributed by atoms with van der Waals surface area (Å²) >= 11 is 5.92. The highest BCUT2D eigenvalue weighted by molar-refractivity contribution is 6.35. The first-order valence-electron chi connectivity index (χ1n) is 3.94. The van der Waals surface area contributed by atoms with Gasteiger partial charge in [0.25, 0.3) is 0 Å². The van der Waals surface area contributed by atoms with E-state index in [0.29, 0.717) is 10.4 Å². The van der Waals surface area contributed by atoms with Crippen molar-refractivity contribution in [2.45, 2.75) is 0 Å². The van der Waals surface area contributed by atoms with Crippen LogP contribution in [-0.4, -0.2) is 4.57 Å². The van der Waals surface area contributed by atoms with Gasteiger partial charge in [-0.3, -0.25) is 4.79 Å². The Balaban J connectivity index is 3.09. The van der Waals surface area contributed by atoms with E-state index in [1.54, 1.807) is 12.3 Å². The lowest BCUT2D eigenvalue weighted by Gasteiger charge is -2.04. The fourth-order valence-corrected chi connectivity index (χ4v) is 1.66. The first-order chi connectivity index (χ1) is 6.20. The van der Waals surface area contributed by atoms with Crippen LogP contribution in [0.4, 0.5) is 0 Å². The number of halogens is 1. The Morgan fingerprint density at radius 2 is 2.08 bits per heavy atom. The van der Waals surface area contributed by atoms with Crippen molar-refractivity contribution in [1.29, 1.82) is 0 Å². The van der Waals surface area contributed by atoms with Gasteiger partial charge in [-0.1, -0.05) is 17.7 Å². The van der Waals surface area contributed by atoms with E-state index in [-0.39, 0.29) is 5.43 Å². The van der Waals surface area contributed by atoms with Crippen LogP contribution in [0.15, 0.2) is 35.3 Å². The predicted octanol–water partition coefficient (Wildman–Crippen LogP) is 2.19. The van der Waals surface area contributed by atoms with Crippen LogP contribution in [0, 0.1) is 0 Å². The van der Waals surface area contributed by atoms with E-state index in [1.165, 1.54) is 6.07 Å². The van der Waals surface area contributed by atoms with Crippen LogP contribution in [0.3, 0.4) is 0 Å². The maximum atomic E-state index is 11.5. The van der Waals surface area contributed by atoms with E-state index in [4.69, 9.17) is 11.6 Å². The van der Waals surface area contributed by atoms with Gasteiger partial charge in [-0.15, -0.1) is 0 Å². The smallest absolute Gasteiger partial charge is 0.190 e. The molecule has 0 aliphatic heterocycles. The van der Waals surface area contributed by atoms with Crippen LogP contribution in [0.2, 0.25) is 5.02 Å². The number of hydrogen-bond donors (Lipinski definition) is 0. The highest BCUT2D eigenvalue weighted by Gasteiger charge is 2.03. The Kier molecular flexibility index (Phi) is 1.85. The van der Waals surface area contributed by atoms with E-state index < -0.39 is 0 Å². The molecule has 1 aromatic carbocycles. The lowest BCUT2D eigenvalue weighted by Crippen LogP contribution is -2.05. The summed E-state index contributed by atoms with van der Waals surface area (Å²) in [4.78, 5) is 11.5. The van der Waals surface area contributed by atoms with Gasteiger partial charge in [-0.25, -0.2) is 0 Å². The van der Waals surface area contributed by atoms with Crippen molar-refractivity contribution < 1.29 is 0 Å². The number of hydrogen-bond acceptors (Lipinski definition) is 1. The van der Waals surface area contributed by atoms with Gasteiger partial charge in [-0.2, -0.15) is 0 Å². The quantitative estimate of drug-likeness (QED) is 0.629. The number of rotatable bonds is 0. The molecule has 0 saturated carbocycles. The average Bonchev–Trinajstić information content (AvgIpc) is 2.12. The van der Waals surface area contributed by atoms with Crippen molar-refractivity contribution >= 4 is 22.5 Å². The number of aryl methyl sites for hydroxylation is 1. The van der Waals surface area contributed by atoms with Gasteiger partial charge in [0.2, 0.25) is 0 Å². The molecule has 3 heteroatoms. The Morgan fingerprint density at radius 3 is 2.77 bits per heavy atom. The molecular weight excluding hydrogens is 186 g/mol. The van der Waals surface area contributed by atoms with Gasteiger partial charge >= 0.3 is 0 Å². The second-order valence-electron chi connectivity index (χ2n) is 2.92. The Bertz CT molecular complexity index is 516. The molecule has 13 heavy (non-hydrogen) atoms. The van der Waals surface area contributed by atoms with Gasteiger partial charge in [0.1, 0.15) is 0 Å². The van der Waals surface area contributed by atoms with Crippen molar-refractivity contribution in [3.8, 4) is 0 Å².